The summed E-state index contributed by atoms with van der Waals surface area (Å²) in [5, 5.41) is 14.4. The fourth-order valence-electron chi connectivity index (χ4n) is 6.65. The van der Waals surface area contributed by atoms with Gasteiger partial charge in [0, 0.05) is 17.9 Å². The second-order valence-corrected chi connectivity index (χ2v) is 52.3. The van der Waals surface area contributed by atoms with Gasteiger partial charge in [-0.15, -0.1) is 0 Å². The Balaban J connectivity index is -0.000000351. The normalized spacial score (nSPS) is 14.1. The van der Waals surface area contributed by atoms with E-state index in [0.717, 1.165) is 17.9 Å². The quantitative estimate of drug-likeness (QED) is 0.111. The summed E-state index contributed by atoms with van der Waals surface area (Å²) in [5.41, 5.74) is 0. The van der Waals surface area contributed by atoms with Crippen molar-refractivity contribution in [3.63, 3.8) is 0 Å². The van der Waals surface area contributed by atoms with Gasteiger partial charge in [0.15, 0.2) is 0 Å². The molecule has 0 bridgehead atoms. The van der Waals surface area contributed by atoms with Crippen molar-refractivity contribution in [1.82, 2.24) is 12.7 Å². The van der Waals surface area contributed by atoms with Crippen molar-refractivity contribution in [2.75, 3.05) is 0 Å². The molecule has 55 heavy (non-hydrogen) atoms. The van der Waals surface area contributed by atoms with Gasteiger partial charge in [-0.25, -0.2) is 0 Å². The van der Waals surface area contributed by atoms with Crippen LogP contribution in [0.25, 0.3) is 16.0 Å². The summed E-state index contributed by atoms with van der Waals surface area (Å²) >= 11 is 0. The Labute approximate surface area is 385 Å². The van der Waals surface area contributed by atoms with Crippen molar-refractivity contribution < 1.29 is 40.8 Å². The Bertz CT molecular complexity index is 965. The van der Waals surface area contributed by atoms with E-state index in [9.17, 15) is 0 Å². The molecule has 0 N–H and O–H groups in total. The molecule has 0 aliphatic carbocycles. The molecule has 0 unspecified atom stereocenters. The molecule has 0 heterocycles. The Hall–Kier alpha value is 0.462. The molecule has 0 amide bonds. The predicted octanol–water partition coefficient (Wildman–Crippen LogP) is 13.5. The van der Waals surface area contributed by atoms with Crippen LogP contribution in [0.4, 0.5) is 0 Å². The van der Waals surface area contributed by atoms with E-state index in [1.807, 2.05) is 0 Å². The average Bonchev–Trinajstić information content (AvgIpc) is 2.76. The molecule has 0 rings (SSSR count). The van der Waals surface area contributed by atoms with Crippen molar-refractivity contribution in [3.8, 4) is 0 Å². The van der Waals surface area contributed by atoms with Crippen molar-refractivity contribution in [2.45, 2.75) is 237 Å². The molecule has 325 valence electrons. The van der Waals surface area contributed by atoms with E-state index in [-0.39, 0.29) is 40.8 Å². The van der Waals surface area contributed by atoms with Gasteiger partial charge in [-0.1, -0.05) is 201 Å². The van der Waals surface area contributed by atoms with Gasteiger partial charge in [-0.05, 0) is 36.3 Å². The minimum atomic E-state index is -1.45. The topological polar surface area (TPSA) is 89.1 Å². The van der Waals surface area contributed by atoms with Crippen LogP contribution in [-0.4, -0.2) is 116 Å². The Morgan fingerprint density at radius 1 is 0.309 bits per heavy atom. The summed E-state index contributed by atoms with van der Waals surface area (Å²) in [6.07, 6.45) is 0. The smallest absolute Gasteiger partial charge is 0.450 e. The number of aliphatic imine (C=N–C) groups is 3. The molecule has 0 aromatic rings. The van der Waals surface area contributed by atoms with E-state index in [2.05, 4.69) is 214 Å². The second-order valence-electron chi connectivity index (χ2n) is 22.3. The SMILES string of the molecule is CC(C)N=C([N-]C(C)C)N([Si](C)(C)C)[Si](C)(C)C.CC(C)N=C([N-]C(C)C)N([Si](C)(C)C)[Si](C)(C)C.CC(C)N=C([N-]C(C)C)N([Si](C)(C)C)[Si](C)(C)C.[Nd+3]. The standard InChI is InChI=1S/3C13H32N3Si2.Nd/c3*1-11(2)14-13(15-12(3)4)16(17(5,6)7)18(8,9)10;/h3*11-12H,1-10H3;/q3*-1;+3. The fourth-order valence-corrected chi connectivity index (χ4v) is 35.1. The molecule has 9 nitrogen and oxygen atoms in total. The molecular formula is C39H96N9NdSi6. The van der Waals surface area contributed by atoms with Crippen LogP contribution >= 0.6 is 0 Å². The predicted molar refractivity (Wildman–Crippen MR) is 269 cm³/mol. The van der Waals surface area contributed by atoms with Crippen molar-refractivity contribution >= 4 is 67.3 Å². The first kappa shape index (κ1) is 62.1. The van der Waals surface area contributed by atoms with Crippen LogP contribution < -0.4 is 0 Å². The average molecular weight is 1000 g/mol. The summed E-state index contributed by atoms with van der Waals surface area (Å²) in [6.45, 7) is 68.5. The van der Waals surface area contributed by atoms with Gasteiger partial charge in [0.1, 0.15) is 0 Å². The minimum Gasteiger partial charge on any atom is -0.450 e. The summed E-state index contributed by atoms with van der Waals surface area (Å²) in [6, 6.07) is 1.82. The van der Waals surface area contributed by atoms with E-state index in [0.29, 0.717) is 36.3 Å². The van der Waals surface area contributed by atoms with Crippen LogP contribution in [-0.2, 0) is 0 Å². The van der Waals surface area contributed by atoms with Gasteiger partial charge >= 0.3 is 40.8 Å². The van der Waals surface area contributed by atoms with Crippen LogP contribution in [0.3, 0.4) is 0 Å². The Morgan fingerprint density at radius 3 is 0.509 bits per heavy atom. The molecule has 0 saturated carbocycles. The molecular weight excluding hydrogens is 907 g/mol. The molecule has 0 aliphatic heterocycles. The first-order valence-electron chi connectivity index (χ1n) is 20.8. The van der Waals surface area contributed by atoms with E-state index in [1.54, 1.807) is 0 Å². The first-order chi connectivity index (χ1) is 23.6. The summed E-state index contributed by atoms with van der Waals surface area (Å²) in [7, 11) is -8.69. The molecule has 0 fully saturated rings. The zero-order valence-electron chi connectivity index (χ0n) is 42.5. The Kier molecular flexibility index (Phi) is 28.6. The van der Waals surface area contributed by atoms with E-state index >= 15 is 0 Å². The molecule has 16 heteroatoms. The summed E-state index contributed by atoms with van der Waals surface area (Å²) in [5.74, 6) is 3.00. The number of hydrogen-bond donors (Lipinski definition) is 0. The van der Waals surface area contributed by atoms with Crippen molar-refractivity contribution in [1.29, 1.82) is 0 Å². The van der Waals surface area contributed by atoms with E-state index in [4.69, 9.17) is 30.9 Å². The maximum atomic E-state index is 4.80. The fraction of sp³-hybridized carbons (Fsp3) is 0.923. The van der Waals surface area contributed by atoms with Crippen LogP contribution in [0.5, 0.6) is 0 Å². The third-order valence-electron chi connectivity index (χ3n) is 6.87. The number of rotatable bonds is 12. The maximum Gasteiger partial charge on any atom is 3.00 e. The largest absolute Gasteiger partial charge is 3.00 e. The molecule has 0 saturated heterocycles. The summed E-state index contributed by atoms with van der Waals surface area (Å²) in [4.78, 5) is 14.4. The van der Waals surface area contributed by atoms with Crippen LogP contribution in [0.1, 0.15) is 83.1 Å². The third-order valence-corrected chi connectivity index (χ3v) is 28.2. The molecule has 0 spiro atoms. The third kappa shape index (κ3) is 28.5. The van der Waals surface area contributed by atoms with Gasteiger partial charge in [0.05, 0.1) is 49.4 Å². The van der Waals surface area contributed by atoms with E-state index in [1.165, 1.54) is 0 Å². The molecule has 0 aliphatic rings. The van der Waals surface area contributed by atoms with Crippen LogP contribution in [0.2, 0.25) is 118 Å². The minimum absolute atomic E-state index is 0. The zero-order valence-corrected chi connectivity index (χ0v) is 51.7. The van der Waals surface area contributed by atoms with Gasteiger partial charge in [0.2, 0.25) is 0 Å². The van der Waals surface area contributed by atoms with Gasteiger partial charge in [-0.3, -0.25) is 0 Å². The second kappa shape index (κ2) is 25.3. The van der Waals surface area contributed by atoms with E-state index < -0.39 is 49.4 Å². The first-order valence-corrected chi connectivity index (χ1v) is 41.5. The zero-order chi connectivity index (χ0) is 44.2. The van der Waals surface area contributed by atoms with Gasteiger partial charge < -0.3 is 43.6 Å². The summed E-state index contributed by atoms with van der Waals surface area (Å²) < 4.78 is 7.79. The number of hydrogen-bond acceptors (Lipinski definition) is 3. The van der Waals surface area contributed by atoms with Gasteiger partial charge in [0.25, 0.3) is 0 Å². The van der Waals surface area contributed by atoms with Crippen molar-refractivity contribution in [2.24, 2.45) is 15.0 Å². The molecule has 1 radical (unpaired) electrons. The molecule has 0 aromatic heterocycles. The monoisotopic (exact) mass is 1000 g/mol. The van der Waals surface area contributed by atoms with Crippen LogP contribution in [0, 0.1) is 40.8 Å². The number of nitrogens with zero attached hydrogens (tertiary/aromatic N) is 9. The molecule has 0 aromatic carbocycles. The molecule has 0 atom stereocenters. The van der Waals surface area contributed by atoms with Crippen LogP contribution in [0.15, 0.2) is 15.0 Å². The number of guanidine groups is 3. The van der Waals surface area contributed by atoms with Gasteiger partial charge in [-0.2, -0.15) is 0 Å². The van der Waals surface area contributed by atoms with Crippen molar-refractivity contribution in [3.05, 3.63) is 16.0 Å². The Morgan fingerprint density at radius 2 is 0.436 bits per heavy atom. The maximum absolute atomic E-state index is 4.80.